The molecule has 0 aromatic carbocycles. The van der Waals surface area contributed by atoms with Gasteiger partial charge in [-0.2, -0.15) is 0 Å². The van der Waals surface area contributed by atoms with Gasteiger partial charge in [0.15, 0.2) is 10.9 Å². The predicted molar refractivity (Wildman–Crippen MR) is 44.6 cm³/mol. The first kappa shape index (κ1) is 7.75. The summed E-state index contributed by atoms with van der Waals surface area (Å²) in [5, 5.41) is 2.84. The Hall–Kier alpha value is -0.355. The summed E-state index contributed by atoms with van der Waals surface area (Å²) in [5.74, 6) is -0.596. The first-order valence-corrected chi connectivity index (χ1v) is 3.97. The molecular formula is C4H2BBrN2OS. The molecule has 6 heteroatoms. The van der Waals surface area contributed by atoms with Crippen molar-refractivity contribution in [3.8, 4) is 0 Å². The SMILES string of the molecule is [B]C(=O)Nc1ncc(Br)s1. The second kappa shape index (κ2) is 3.16. The molecule has 1 N–H and O–H groups in total. The molecule has 1 heterocycles. The van der Waals surface area contributed by atoms with Crippen LogP contribution in [-0.2, 0) is 0 Å². The molecule has 0 aliphatic rings. The summed E-state index contributed by atoms with van der Waals surface area (Å²) >= 11 is 4.50. The van der Waals surface area contributed by atoms with E-state index in [1.54, 1.807) is 6.20 Å². The van der Waals surface area contributed by atoms with E-state index in [4.69, 9.17) is 7.85 Å². The quantitative estimate of drug-likeness (QED) is 0.725. The summed E-state index contributed by atoms with van der Waals surface area (Å²) in [6, 6.07) is 0. The molecule has 0 bridgehead atoms. The minimum atomic E-state index is -0.596. The normalized spacial score (nSPS) is 9.30. The van der Waals surface area contributed by atoms with Crippen LogP contribution in [0.3, 0.4) is 0 Å². The third-order valence-electron chi connectivity index (χ3n) is 0.708. The molecule has 0 aliphatic heterocycles. The zero-order valence-corrected chi connectivity index (χ0v) is 7.20. The van der Waals surface area contributed by atoms with Gasteiger partial charge in [0.2, 0.25) is 7.85 Å². The van der Waals surface area contributed by atoms with Gasteiger partial charge in [0.1, 0.15) is 0 Å². The number of aromatic nitrogens is 1. The van der Waals surface area contributed by atoms with Crippen molar-refractivity contribution in [2.75, 3.05) is 5.32 Å². The van der Waals surface area contributed by atoms with Gasteiger partial charge in [0, 0.05) is 0 Å². The Morgan fingerprint density at radius 1 is 1.90 bits per heavy atom. The number of anilines is 1. The van der Waals surface area contributed by atoms with Crippen molar-refractivity contribution in [3.05, 3.63) is 9.98 Å². The van der Waals surface area contributed by atoms with Gasteiger partial charge in [-0.05, 0) is 15.9 Å². The molecule has 0 saturated carbocycles. The molecule has 0 atom stereocenters. The van der Waals surface area contributed by atoms with Crippen LogP contribution in [0.5, 0.6) is 0 Å². The Morgan fingerprint density at radius 2 is 2.60 bits per heavy atom. The number of nitrogens with zero attached hydrogens (tertiary/aromatic N) is 1. The van der Waals surface area contributed by atoms with Gasteiger partial charge in [0.05, 0.1) is 9.98 Å². The van der Waals surface area contributed by atoms with Crippen LogP contribution in [-0.4, -0.2) is 18.6 Å². The molecule has 0 fully saturated rings. The van der Waals surface area contributed by atoms with Gasteiger partial charge in [-0.3, -0.25) is 4.79 Å². The fourth-order valence-corrected chi connectivity index (χ4v) is 1.53. The third kappa shape index (κ3) is 2.11. The number of hydrogen-bond donors (Lipinski definition) is 1. The van der Waals surface area contributed by atoms with Crippen molar-refractivity contribution in [1.82, 2.24) is 4.98 Å². The number of carbonyl (C=O) groups excluding carboxylic acids is 1. The minimum Gasteiger partial charge on any atom is -0.312 e. The maximum atomic E-state index is 10.2. The highest BCUT2D eigenvalue weighted by Crippen LogP contribution is 2.22. The summed E-state index contributed by atoms with van der Waals surface area (Å²) in [6.07, 6.45) is 1.59. The van der Waals surface area contributed by atoms with Gasteiger partial charge < -0.3 is 5.32 Å². The summed E-state index contributed by atoms with van der Waals surface area (Å²) in [6.45, 7) is 0. The Morgan fingerprint density at radius 3 is 3.00 bits per heavy atom. The molecular weight excluding hydrogens is 215 g/mol. The number of nitrogens with one attached hydrogen (secondary N) is 1. The third-order valence-corrected chi connectivity index (χ3v) is 2.10. The fourth-order valence-electron chi connectivity index (χ4n) is 0.418. The maximum Gasteiger partial charge on any atom is 0.201 e. The van der Waals surface area contributed by atoms with E-state index >= 15 is 0 Å². The van der Waals surface area contributed by atoms with E-state index in [1.807, 2.05) is 0 Å². The van der Waals surface area contributed by atoms with Crippen LogP contribution in [0.2, 0.25) is 0 Å². The average molecular weight is 217 g/mol. The highest BCUT2D eigenvalue weighted by molar-refractivity contribution is 9.11. The smallest absolute Gasteiger partial charge is 0.201 e. The Bertz CT molecular complexity index is 251. The number of hydrogen-bond acceptors (Lipinski definition) is 3. The molecule has 2 radical (unpaired) electrons. The van der Waals surface area contributed by atoms with Crippen LogP contribution in [0, 0.1) is 0 Å². The van der Waals surface area contributed by atoms with Gasteiger partial charge in [-0.1, -0.05) is 11.3 Å². The first-order valence-electron chi connectivity index (χ1n) is 2.36. The standard InChI is InChI=1S/C4H2BBrN2OS/c5-3(9)8-4-7-1-2(6)10-4/h1H,(H,7,8,9). The topological polar surface area (TPSA) is 42.0 Å². The van der Waals surface area contributed by atoms with Crippen LogP contribution < -0.4 is 5.32 Å². The van der Waals surface area contributed by atoms with Crippen molar-refractivity contribution in [2.24, 2.45) is 0 Å². The highest BCUT2D eigenvalue weighted by atomic mass is 79.9. The van der Waals surface area contributed by atoms with Crippen LogP contribution >= 0.6 is 27.3 Å². The van der Waals surface area contributed by atoms with Crippen molar-refractivity contribution in [1.29, 1.82) is 0 Å². The lowest BCUT2D eigenvalue weighted by molar-refractivity contribution is 0.269. The Balaban J connectivity index is 2.67. The zero-order valence-electron chi connectivity index (χ0n) is 4.80. The molecule has 1 aromatic rings. The van der Waals surface area contributed by atoms with E-state index in [-0.39, 0.29) is 0 Å². The lowest BCUT2D eigenvalue weighted by atomic mass is 10.1. The molecule has 3 nitrogen and oxygen atoms in total. The lowest BCUT2D eigenvalue weighted by Crippen LogP contribution is -2.07. The summed E-state index contributed by atoms with van der Waals surface area (Å²) in [7, 11) is 4.84. The van der Waals surface area contributed by atoms with Gasteiger partial charge in [-0.25, -0.2) is 4.98 Å². The summed E-state index contributed by atoms with van der Waals surface area (Å²) < 4.78 is 0.858. The molecule has 0 saturated heterocycles. The van der Waals surface area contributed by atoms with E-state index in [0.717, 1.165) is 3.79 Å². The van der Waals surface area contributed by atoms with Crippen molar-refractivity contribution >= 4 is 46.1 Å². The molecule has 1 amide bonds. The molecule has 1 rings (SSSR count). The molecule has 0 unspecified atom stereocenters. The number of carbonyl (C=O) groups is 1. The van der Waals surface area contributed by atoms with Gasteiger partial charge in [0.25, 0.3) is 0 Å². The van der Waals surface area contributed by atoms with Crippen molar-refractivity contribution < 1.29 is 4.79 Å². The van der Waals surface area contributed by atoms with Gasteiger partial charge in [-0.15, -0.1) is 0 Å². The molecule has 1 aromatic heterocycles. The van der Waals surface area contributed by atoms with E-state index in [0.29, 0.717) is 5.13 Å². The van der Waals surface area contributed by atoms with Crippen molar-refractivity contribution in [2.45, 2.75) is 0 Å². The van der Waals surface area contributed by atoms with Crippen LogP contribution in [0.25, 0.3) is 0 Å². The van der Waals surface area contributed by atoms with E-state index in [9.17, 15) is 4.79 Å². The first-order chi connectivity index (χ1) is 4.68. The second-order valence-corrected chi connectivity index (χ2v) is 3.87. The van der Waals surface area contributed by atoms with Crippen LogP contribution in [0.1, 0.15) is 0 Å². The minimum absolute atomic E-state index is 0.499. The van der Waals surface area contributed by atoms with Crippen LogP contribution in [0.15, 0.2) is 9.98 Å². The highest BCUT2D eigenvalue weighted by Gasteiger charge is 1.98. The zero-order chi connectivity index (χ0) is 7.56. The predicted octanol–water partition coefficient (Wildman–Crippen LogP) is 1.61. The summed E-state index contributed by atoms with van der Waals surface area (Å²) in [4.78, 5) is 14.1. The molecule has 0 aliphatic carbocycles. The van der Waals surface area contributed by atoms with Gasteiger partial charge >= 0.3 is 0 Å². The van der Waals surface area contributed by atoms with E-state index in [1.165, 1.54) is 11.3 Å². The van der Waals surface area contributed by atoms with Crippen LogP contribution in [0.4, 0.5) is 9.93 Å². The largest absolute Gasteiger partial charge is 0.312 e. The monoisotopic (exact) mass is 216 g/mol. The fraction of sp³-hybridized carbons (Fsp3) is 0. The Kier molecular flexibility index (Phi) is 2.45. The number of thiazole rings is 1. The number of rotatable bonds is 1. The molecule has 10 heavy (non-hydrogen) atoms. The average Bonchev–Trinajstić information content (AvgIpc) is 2.13. The van der Waals surface area contributed by atoms with E-state index in [2.05, 4.69) is 26.2 Å². The van der Waals surface area contributed by atoms with E-state index < -0.39 is 5.81 Å². The number of halogens is 1. The molecule has 50 valence electrons. The maximum absolute atomic E-state index is 10.2. The molecule has 0 spiro atoms. The number of amides is 1. The Labute approximate surface area is 71.4 Å². The summed E-state index contributed by atoms with van der Waals surface area (Å²) in [5.41, 5.74) is 0. The van der Waals surface area contributed by atoms with Crippen molar-refractivity contribution in [3.63, 3.8) is 0 Å². The lowest BCUT2D eigenvalue weighted by Gasteiger charge is -1.91. The second-order valence-electron chi connectivity index (χ2n) is 1.46.